The number of hydrogen-bond donors (Lipinski definition) is 2. The molecule has 0 saturated carbocycles. The minimum atomic E-state index is -3.69. The Balaban J connectivity index is 2.14. The van der Waals surface area contributed by atoms with Gasteiger partial charge in [-0.25, -0.2) is 13.9 Å². The van der Waals surface area contributed by atoms with Crippen LogP contribution in [0.2, 0.25) is 0 Å². The minimum Gasteiger partial charge on any atom is -0.497 e. The van der Waals surface area contributed by atoms with E-state index in [1.807, 2.05) is 48.5 Å². The SMILES string of the molecule is COc1ccc(-c2ccc(CCC(C)(C(=O)NO)S(C)(=O)=O)cc2)cc1. The second-order valence-corrected chi connectivity index (χ2v) is 8.81. The zero-order chi connectivity index (χ0) is 19.4. The van der Waals surface area contributed by atoms with E-state index < -0.39 is 20.5 Å². The second-order valence-electron chi connectivity index (χ2n) is 6.37. The Hall–Kier alpha value is -2.38. The van der Waals surface area contributed by atoms with Crippen molar-refractivity contribution < 1.29 is 23.2 Å². The van der Waals surface area contributed by atoms with E-state index >= 15 is 0 Å². The van der Waals surface area contributed by atoms with Crippen LogP contribution in [0.3, 0.4) is 0 Å². The lowest BCUT2D eigenvalue weighted by atomic mass is 9.97. The van der Waals surface area contributed by atoms with E-state index in [2.05, 4.69) is 0 Å². The van der Waals surface area contributed by atoms with Crippen molar-refractivity contribution in [1.82, 2.24) is 5.48 Å². The maximum absolute atomic E-state index is 12.0. The highest BCUT2D eigenvalue weighted by Gasteiger charge is 2.43. The molecule has 0 aliphatic carbocycles. The van der Waals surface area contributed by atoms with Crippen LogP contribution >= 0.6 is 0 Å². The Morgan fingerprint density at radius 1 is 1.08 bits per heavy atom. The van der Waals surface area contributed by atoms with Gasteiger partial charge in [0.15, 0.2) is 9.84 Å². The summed E-state index contributed by atoms with van der Waals surface area (Å²) >= 11 is 0. The lowest BCUT2D eigenvalue weighted by molar-refractivity contribution is -0.131. The molecule has 0 aliphatic rings. The Morgan fingerprint density at radius 2 is 1.58 bits per heavy atom. The molecule has 1 amide bonds. The van der Waals surface area contributed by atoms with Gasteiger partial charge in [0, 0.05) is 6.26 Å². The molecule has 0 aliphatic heterocycles. The normalized spacial score (nSPS) is 13.7. The molecule has 0 radical (unpaired) electrons. The van der Waals surface area contributed by atoms with Gasteiger partial charge in [0.2, 0.25) is 0 Å². The standard InChI is InChI=1S/C19H23NO5S/c1-19(18(21)20-22,26(3,23)24)13-12-14-4-6-15(7-5-14)16-8-10-17(25-2)11-9-16/h4-11,22H,12-13H2,1-3H3,(H,20,21). The fraction of sp³-hybridized carbons (Fsp3) is 0.316. The molecule has 6 nitrogen and oxygen atoms in total. The molecule has 0 fully saturated rings. The predicted molar refractivity (Wildman–Crippen MR) is 99.9 cm³/mol. The largest absolute Gasteiger partial charge is 0.497 e. The van der Waals surface area contributed by atoms with Crippen LogP contribution in [0.15, 0.2) is 48.5 Å². The number of carbonyl (C=O) groups excluding carboxylic acids is 1. The fourth-order valence-electron chi connectivity index (χ4n) is 2.62. The van der Waals surface area contributed by atoms with E-state index in [-0.39, 0.29) is 6.42 Å². The number of methoxy groups -OCH3 is 1. The number of hydrogen-bond acceptors (Lipinski definition) is 5. The number of hydroxylamine groups is 1. The van der Waals surface area contributed by atoms with Crippen molar-refractivity contribution in [2.45, 2.75) is 24.5 Å². The maximum Gasteiger partial charge on any atom is 0.264 e. The number of carbonyl (C=O) groups is 1. The molecule has 2 aromatic rings. The molecular formula is C19H23NO5S. The van der Waals surface area contributed by atoms with Gasteiger partial charge in [0.1, 0.15) is 10.5 Å². The molecule has 7 heteroatoms. The highest BCUT2D eigenvalue weighted by Crippen LogP contribution is 2.26. The zero-order valence-electron chi connectivity index (χ0n) is 15.0. The monoisotopic (exact) mass is 377 g/mol. The van der Waals surface area contributed by atoms with Crippen LogP contribution in [0.1, 0.15) is 18.9 Å². The van der Waals surface area contributed by atoms with Crippen molar-refractivity contribution >= 4 is 15.7 Å². The second kappa shape index (κ2) is 7.88. The van der Waals surface area contributed by atoms with Crippen LogP contribution in [0, 0.1) is 0 Å². The van der Waals surface area contributed by atoms with E-state index in [0.717, 1.165) is 28.7 Å². The van der Waals surface area contributed by atoms with Crippen molar-refractivity contribution in [3.8, 4) is 16.9 Å². The smallest absolute Gasteiger partial charge is 0.264 e. The first kappa shape index (κ1) is 19.9. The third-order valence-electron chi connectivity index (χ3n) is 4.67. The third kappa shape index (κ3) is 4.23. The zero-order valence-corrected chi connectivity index (χ0v) is 15.8. The van der Waals surface area contributed by atoms with Gasteiger partial charge in [-0.05, 0) is 48.6 Å². The highest BCUT2D eigenvalue weighted by atomic mass is 32.2. The molecule has 1 atom stereocenters. The summed E-state index contributed by atoms with van der Waals surface area (Å²) in [6.45, 7) is 1.32. The number of sulfone groups is 1. The van der Waals surface area contributed by atoms with Gasteiger partial charge in [-0.3, -0.25) is 10.0 Å². The van der Waals surface area contributed by atoms with Gasteiger partial charge in [0.25, 0.3) is 5.91 Å². The van der Waals surface area contributed by atoms with Gasteiger partial charge < -0.3 is 4.74 Å². The van der Waals surface area contributed by atoms with E-state index in [4.69, 9.17) is 9.94 Å². The molecule has 140 valence electrons. The summed E-state index contributed by atoms with van der Waals surface area (Å²) in [5, 5.41) is 8.86. The molecule has 0 bridgehead atoms. The molecule has 0 aromatic heterocycles. The number of benzene rings is 2. The summed E-state index contributed by atoms with van der Waals surface area (Å²) in [4.78, 5) is 11.8. The molecule has 2 aromatic carbocycles. The molecule has 1 unspecified atom stereocenters. The number of aryl methyl sites for hydroxylation is 1. The predicted octanol–water partition coefficient (Wildman–Crippen LogP) is 2.60. The Bertz CT molecular complexity index is 860. The number of nitrogens with one attached hydrogen (secondary N) is 1. The number of amides is 1. The summed E-state index contributed by atoms with van der Waals surface area (Å²) in [6, 6.07) is 15.4. The van der Waals surface area contributed by atoms with Gasteiger partial charge in [-0.1, -0.05) is 36.4 Å². The Kier molecular flexibility index (Phi) is 6.05. The first-order chi connectivity index (χ1) is 12.2. The summed E-state index contributed by atoms with van der Waals surface area (Å²) in [7, 11) is -2.07. The van der Waals surface area contributed by atoms with Gasteiger partial charge in [-0.15, -0.1) is 0 Å². The lowest BCUT2D eigenvalue weighted by Crippen LogP contribution is -2.49. The van der Waals surface area contributed by atoms with Crippen molar-refractivity contribution in [2.24, 2.45) is 0 Å². The van der Waals surface area contributed by atoms with Crippen molar-refractivity contribution in [2.75, 3.05) is 13.4 Å². The van der Waals surface area contributed by atoms with Gasteiger partial charge in [0.05, 0.1) is 7.11 Å². The summed E-state index contributed by atoms with van der Waals surface area (Å²) in [6.07, 6.45) is 1.45. The van der Waals surface area contributed by atoms with Crippen molar-refractivity contribution in [3.63, 3.8) is 0 Å². The first-order valence-corrected chi connectivity index (χ1v) is 9.98. The summed E-state index contributed by atoms with van der Waals surface area (Å²) in [5.41, 5.74) is 4.43. The molecule has 26 heavy (non-hydrogen) atoms. The average molecular weight is 377 g/mol. The van der Waals surface area contributed by atoms with E-state index in [0.29, 0.717) is 6.42 Å². The first-order valence-electron chi connectivity index (χ1n) is 8.09. The Morgan fingerprint density at radius 3 is 2.00 bits per heavy atom. The molecule has 0 saturated heterocycles. The quantitative estimate of drug-likeness (QED) is 0.571. The topological polar surface area (TPSA) is 92.7 Å². The average Bonchev–Trinajstić information content (AvgIpc) is 2.65. The van der Waals surface area contributed by atoms with E-state index in [1.165, 1.54) is 12.4 Å². The van der Waals surface area contributed by atoms with Crippen LogP contribution in [-0.4, -0.2) is 37.6 Å². The van der Waals surface area contributed by atoms with Crippen LogP contribution in [-0.2, 0) is 21.1 Å². The van der Waals surface area contributed by atoms with E-state index in [9.17, 15) is 13.2 Å². The van der Waals surface area contributed by atoms with Crippen LogP contribution < -0.4 is 10.2 Å². The van der Waals surface area contributed by atoms with Crippen LogP contribution in [0.4, 0.5) is 0 Å². The molecule has 2 N–H and O–H groups in total. The molecule has 0 heterocycles. The van der Waals surface area contributed by atoms with Gasteiger partial charge in [-0.2, -0.15) is 0 Å². The van der Waals surface area contributed by atoms with E-state index in [1.54, 1.807) is 7.11 Å². The maximum atomic E-state index is 12.0. The van der Waals surface area contributed by atoms with Crippen LogP contribution in [0.25, 0.3) is 11.1 Å². The Labute approximate surface area is 153 Å². The number of rotatable bonds is 7. The number of ether oxygens (including phenoxy) is 1. The summed E-state index contributed by atoms with van der Waals surface area (Å²) < 4.78 is 27.4. The minimum absolute atomic E-state index is 0.0696. The van der Waals surface area contributed by atoms with Crippen molar-refractivity contribution in [3.05, 3.63) is 54.1 Å². The summed E-state index contributed by atoms with van der Waals surface area (Å²) in [5.74, 6) is -0.137. The molecule has 2 rings (SSSR count). The van der Waals surface area contributed by atoms with Gasteiger partial charge >= 0.3 is 0 Å². The molecule has 0 spiro atoms. The lowest BCUT2D eigenvalue weighted by Gasteiger charge is -2.25. The van der Waals surface area contributed by atoms with Crippen LogP contribution in [0.5, 0.6) is 5.75 Å². The highest BCUT2D eigenvalue weighted by molar-refractivity contribution is 7.92. The van der Waals surface area contributed by atoms with Crippen molar-refractivity contribution in [1.29, 1.82) is 0 Å². The fourth-order valence-corrected chi connectivity index (χ4v) is 3.47. The third-order valence-corrected chi connectivity index (χ3v) is 6.69. The molecular weight excluding hydrogens is 354 g/mol.